The van der Waals surface area contributed by atoms with Gasteiger partial charge in [0.2, 0.25) is 17.7 Å². The summed E-state index contributed by atoms with van der Waals surface area (Å²) in [5.41, 5.74) is 15.8. The molecule has 13 heteroatoms. The average molecular weight is 657 g/mol. The highest BCUT2D eigenvalue weighted by molar-refractivity contribution is 7.90. The van der Waals surface area contributed by atoms with Gasteiger partial charge in [0, 0.05) is 22.8 Å². The maximum Gasteiger partial charge on any atom is 0.243 e. The van der Waals surface area contributed by atoms with Crippen LogP contribution in [0.2, 0.25) is 0 Å². The summed E-state index contributed by atoms with van der Waals surface area (Å²) in [5.74, 6) is -1.58. The van der Waals surface area contributed by atoms with Crippen molar-refractivity contribution >= 4 is 27.6 Å². The van der Waals surface area contributed by atoms with Gasteiger partial charge in [-0.25, -0.2) is 8.42 Å². The predicted molar refractivity (Wildman–Crippen MR) is 179 cm³/mol. The summed E-state index contributed by atoms with van der Waals surface area (Å²) >= 11 is 0. The number of hydrogen-bond acceptors (Lipinski definition) is 6. The van der Waals surface area contributed by atoms with Gasteiger partial charge in [0.1, 0.15) is 28.0 Å². The zero-order valence-electron chi connectivity index (χ0n) is 27.6. The Morgan fingerprint density at radius 3 is 1.78 bits per heavy atom. The van der Waals surface area contributed by atoms with Gasteiger partial charge in [0.15, 0.2) is 0 Å². The molecule has 0 heterocycles. The Hall–Kier alpha value is -3.93. The zero-order chi connectivity index (χ0) is 34.3. The van der Waals surface area contributed by atoms with Crippen LogP contribution in [0.5, 0.6) is 0 Å². The number of carbonyl (C=O) groups excluding carboxylic acids is 3. The van der Waals surface area contributed by atoms with E-state index in [4.69, 9.17) is 5.53 Å². The normalized spacial score (nSPS) is 14.1. The number of quaternary nitrogens is 1. The minimum atomic E-state index is -3.28. The Morgan fingerprint density at radius 1 is 0.783 bits per heavy atom. The molecule has 2 rings (SSSR count). The maximum absolute atomic E-state index is 13.7. The second kappa shape index (κ2) is 18.9. The Kier molecular flexibility index (Phi) is 15.7. The van der Waals surface area contributed by atoms with E-state index in [0.29, 0.717) is 25.8 Å². The molecule has 0 saturated heterocycles. The molecule has 2 aromatic carbocycles. The Balaban J connectivity index is 2.24. The van der Waals surface area contributed by atoms with Gasteiger partial charge in [-0.05, 0) is 60.6 Å². The summed E-state index contributed by atoms with van der Waals surface area (Å²) in [5, 5.41) is 12.3. The highest BCUT2D eigenvalue weighted by Gasteiger charge is 2.31. The van der Waals surface area contributed by atoms with E-state index in [1.54, 1.807) is 0 Å². The van der Waals surface area contributed by atoms with E-state index in [-0.39, 0.29) is 30.4 Å². The number of carbonyl (C=O) groups is 3. The first-order valence-corrected chi connectivity index (χ1v) is 17.8. The van der Waals surface area contributed by atoms with Crippen molar-refractivity contribution in [2.45, 2.75) is 90.5 Å². The second-order valence-electron chi connectivity index (χ2n) is 12.7. The summed E-state index contributed by atoms with van der Waals surface area (Å²) in [6, 6.07) is 13.4. The Bertz CT molecular complexity index is 1430. The molecular weight excluding hydrogens is 606 g/mol. The molecule has 0 saturated carbocycles. The number of nitrogens with one attached hydrogen (secondary N) is 3. The smallest absolute Gasteiger partial charge is 0.243 e. The Morgan fingerprint density at radius 2 is 1.28 bits per heavy atom. The van der Waals surface area contributed by atoms with Crippen molar-refractivity contribution in [1.29, 1.82) is 0 Å². The second-order valence-corrected chi connectivity index (χ2v) is 14.9. The van der Waals surface area contributed by atoms with Crippen LogP contribution in [0.4, 0.5) is 0 Å². The van der Waals surface area contributed by atoms with Gasteiger partial charge < -0.3 is 21.7 Å². The summed E-state index contributed by atoms with van der Waals surface area (Å²) in [6.45, 7) is 8.33. The van der Waals surface area contributed by atoms with E-state index in [9.17, 15) is 22.8 Å². The fourth-order valence-electron chi connectivity index (χ4n) is 5.04. The molecule has 6 N–H and O–H groups in total. The molecule has 2 aromatic rings. The molecular formula is C33H50N7O5S+. The van der Waals surface area contributed by atoms with E-state index in [1.165, 1.54) is 0 Å². The fourth-order valence-corrected chi connectivity index (χ4v) is 5.75. The molecule has 0 radical (unpaired) electrons. The van der Waals surface area contributed by atoms with Gasteiger partial charge in [0.05, 0.1) is 12.3 Å². The van der Waals surface area contributed by atoms with Crippen molar-refractivity contribution in [1.82, 2.24) is 16.0 Å². The van der Waals surface area contributed by atoms with Gasteiger partial charge in [-0.3, -0.25) is 14.4 Å². The van der Waals surface area contributed by atoms with Crippen molar-refractivity contribution in [2.24, 2.45) is 17.0 Å². The number of azide groups is 1. The largest absolute Gasteiger partial charge is 0.354 e. The first kappa shape index (κ1) is 38.3. The first-order valence-electron chi connectivity index (χ1n) is 15.7. The molecule has 12 nitrogen and oxygen atoms in total. The topological polar surface area (TPSA) is 198 Å². The number of rotatable bonds is 19. The third-order valence-corrected chi connectivity index (χ3v) is 8.40. The number of benzene rings is 2. The van der Waals surface area contributed by atoms with E-state index in [1.807, 2.05) is 82.3 Å². The molecule has 0 fully saturated rings. The lowest BCUT2D eigenvalue weighted by molar-refractivity contribution is -0.386. The number of nitrogens with zero attached hydrogens (tertiary/aromatic N) is 3. The van der Waals surface area contributed by atoms with Crippen LogP contribution in [0.25, 0.3) is 10.4 Å². The van der Waals surface area contributed by atoms with Crippen molar-refractivity contribution in [3.05, 3.63) is 81.7 Å². The van der Waals surface area contributed by atoms with Gasteiger partial charge in [-0.1, -0.05) is 87.4 Å². The van der Waals surface area contributed by atoms with Crippen LogP contribution >= 0.6 is 0 Å². The van der Waals surface area contributed by atoms with Crippen LogP contribution in [0.3, 0.4) is 0 Å². The van der Waals surface area contributed by atoms with Crippen LogP contribution in [-0.2, 0) is 43.6 Å². The number of sulfone groups is 1. The zero-order valence-corrected chi connectivity index (χ0v) is 28.4. The maximum atomic E-state index is 13.7. The van der Waals surface area contributed by atoms with Crippen LogP contribution < -0.4 is 21.7 Å². The van der Waals surface area contributed by atoms with E-state index in [0.717, 1.165) is 22.9 Å². The first-order chi connectivity index (χ1) is 21.7. The monoisotopic (exact) mass is 656 g/mol. The fraction of sp³-hybridized carbons (Fsp3) is 0.545. The molecule has 4 atom stereocenters. The van der Waals surface area contributed by atoms with Crippen molar-refractivity contribution < 1.29 is 28.5 Å². The van der Waals surface area contributed by atoms with Gasteiger partial charge in [0.25, 0.3) is 0 Å². The lowest BCUT2D eigenvalue weighted by Crippen LogP contribution is -2.56. The molecule has 0 aliphatic heterocycles. The highest BCUT2D eigenvalue weighted by Crippen LogP contribution is 2.14. The van der Waals surface area contributed by atoms with Crippen molar-refractivity contribution in [3.8, 4) is 0 Å². The quantitative estimate of drug-likeness (QED) is 0.102. The van der Waals surface area contributed by atoms with E-state index >= 15 is 0 Å². The molecule has 0 aliphatic rings. The molecule has 46 heavy (non-hydrogen) atoms. The standard InChI is InChI=1S/C33H49N7O5S/c1-22(2)17-28(31(41)36-27(15-16-46(5,44)45)19-25-11-13-26(21-34)14-12-25)37-32(42)29(18-23(3)4)38-33(43)30(39-40-35)20-24-9-7-6-8-10-24/h6-14,22-23,27-30H,15-21,34H2,1-5H3,(H,36,41)(H,37,42)(H,38,43)/p+1/t27-,28+,29+,30+/m1/s1. The summed E-state index contributed by atoms with van der Waals surface area (Å²) in [7, 11) is -3.28. The molecule has 0 bridgehead atoms. The molecule has 252 valence electrons. The van der Waals surface area contributed by atoms with Crippen LogP contribution in [-0.4, -0.2) is 62.3 Å². The lowest BCUT2D eigenvalue weighted by Gasteiger charge is -2.27. The third-order valence-electron chi connectivity index (χ3n) is 7.42. The predicted octanol–water partition coefficient (Wildman–Crippen LogP) is 2.87. The van der Waals surface area contributed by atoms with Gasteiger partial charge in [-0.2, -0.15) is 0 Å². The highest BCUT2D eigenvalue weighted by atomic mass is 32.2. The molecule has 3 amide bonds. The van der Waals surface area contributed by atoms with Crippen LogP contribution in [0.15, 0.2) is 59.7 Å². The SMILES string of the molecule is CC(C)C[C@H](NC(=O)[C@H](Cc1ccccc1)N=[N+]=[N-])C(=O)N[C@@H](CC(C)C)C(=O)N[C@H](CCS(C)(=O)=O)Cc1ccc(C[NH3+])cc1. The average Bonchev–Trinajstić information content (AvgIpc) is 2.99. The molecule has 0 aromatic heterocycles. The van der Waals surface area contributed by atoms with E-state index in [2.05, 4.69) is 31.7 Å². The summed E-state index contributed by atoms with van der Waals surface area (Å²) < 4.78 is 24.0. The summed E-state index contributed by atoms with van der Waals surface area (Å²) in [4.78, 5) is 43.4. The molecule has 0 aliphatic carbocycles. The molecule has 0 spiro atoms. The van der Waals surface area contributed by atoms with Gasteiger partial charge in [-0.15, -0.1) is 0 Å². The minimum Gasteiger partial charge on any atom is -0.354 e. The lowest BCUT2D eigenvalue weighted by atomic mass is 9.98. The minimum absolute atomic E-state index is 0.0238. The number of amides is 3. The van der Waals surface area contributed by atoms with Crippen molar-refractivity contribution in [2.75, 3.05) is 12.0 Å². The number of hydrogen-bond donors (Lipinski definition) is 4. The van der Waals surface area contributed by atoms with Gasteiger partial charge >= 0.3 is 0 Å². The van der Waals surface area contributed by atoms with Crippen LogP contribution in [0.1, 0.15) is 63.6 Å². The Labute approximate surface area is 272 Å². The third kappa shape index (κ3) is 14.4. The summed E-state index contributed by atoms with van der Waals surface area (Å²) in [6.07, 6.45) is 2.56. The van der Waals surface area contributed by atoms with Crippen LogP contribution in [0, 0.1) is 11.8 Å². The van der Waals surface area contributed by atoms with E-state index < -0.39 is 51.7 Å². The molecule has 0 unspecified atom stereocenters. The van der Waals surface area contributed by atoms with Crippen molar-refractivity contribution in [3.63, 3.8) is 0 Å².